The average molecular weight is 223 g/mol. The van der Waals surface area contributed by atoms with Crippen LogP contribution < -0.4 is 15.9 Å². The van der Waals surface area contributed by atoms with E-state index in [0.29, 0.717) is 24.4 Å². The van der Waals surface area contributed by atoms with E-state index >= 15 is 0 Å². The first kappa shape index (κ1) is 11.7. The molecule has 0 aliphatic heterocycles. The third kappa shape index (κ3) is 3.11. The maximum absolute atomic E-state index is 5.88. The van der Waals surface area contributed by atoms with E-state index in [-0.39, 0.29) is 0 Å². The fourth-order valence-corrected chi connectivity index (χ4v) is 1.59. The van der Waals surface area contributed by atoms with Crippen molar-refractivity contribution in [3.63, 3.8) is 0 Å². The van der Waals surface area contributed by atoms with Gasteiger partial charge in [-0.2, -0.15) is 0 Å². The second-order valence-corrected chi connectivity index (χ2v) is 3.85. The highest BCUT2D eigenvalue weighted by Gasteiger charge is 2.00. The zero-order valence-corrected chi connectivity index (χ0v) is 9.60. The van der Waals surface area contributed by atoms with Crippen LogP contribution in [-0.2, 0) is 13.2 Å². The van der Waals surface area contributed by atoms with Gasteiger partial charge >= 0.3 is 0 Å². The number of ether oxygens (including phenoxy) is 1. The molecule has 0 saturated carbocycles. The van der Waals surface area contributed by atoms with Crippen LogP contribution in [0.4, 0.5) is 0 Å². The van der Waals surface area contributed by atoms with E-state index in [0.717, 1.165) is 11.1 Å². The van der Waals surface area contributed by atoms with Crippen molar-refractivity contribution < 1.29 is 4.74 Å². The lowest BCUT2D eigenvalue weighted by Crippen LogP contribution is -2.11. The SMILES string of the molecule is [B]c1cc(CN)ccc1OCc1ccccc1. The van der Waals surface area contributed by atoms with E-state index in [1.165, 1.54) is 0 Å². The minimum atomic E-state index is 0.489. The van der Waals surface area contributed by atoms with Crippen LogP contribution >= 0.6 is 0 Å². The number of hydrogen-bond acceptors (Lipinski definition) is 2. The van der Waals surface area contributed by atoms with Crippen LogP contribution in [0.25, 0.3) is 0 Å². The van der Waals surface area contributed by atoms with Crippen molar-refractivity contribution in [1.82, 2.24) is 0 Å². The minimum Gasteiger partial charge on any atom is -0.490 e. The first-order valence-corrected chi connectivity index (χ1v) is 5.55. The first-order valence-electron chi connectivity index (χ1n) is 5.55. The van der Waals surface area contributed by atoms with Crippen molar-refractivity contribution in [2.75, 3.05) is 0 Å². The summed E-state index contributed by atoms with van der Waals surface area (Å²) in [5, 5.41) is 0. The van der Waals surface area contributed by atoms with Crippen molar-refractivity contribution in [3.05, 3.63) is 59.7 Å². The Bertz CT molecular complexity index is 485. The normalized spacial score (nSPS) is 10.2. The molecule has 2 N–H and O–H groups in total. The number of hydrogen-bond donors (Lipinski definition) is 1. The van der Waals surface area contributed by atoms with E-state index in [1.54, 1.807) is 0 Å². The summed E-state index contributed by atoms with van der Waals surface area (Å²) in [4.78, 5) is 0. The van der Waals surface area contributed by atoms with Gasteiger partial charge in [-0.15, -0.1) is 0 Å². The van der Waals surface area contributed by atoms with Gasteiger partial charge in [0, 0.05) is 6.54 Å². The minimum absolute atomic E-state index is 0.489. The highest BCUT2D eigenvalue weighted by Crippen LogP contribution is 2.11. The smallest absolute Gasteiger partial charge is 0.119 e. The summed E-state index contributed by atoms with van der Waals surface area (Å²) in [6.45, 7) is 1.01. The van der Waals surface area contributed by atoms with Gasteiger partial charge in [-0.05, 0) is 17.2 Å². The number of nitrogens with two attached hydrogens (primary N) is 1. The van der Waals surface area contributed by atoms with Gasteiger partial charge in [0.05, 0.1) is 0 Å². The maximum Gasteiger partial charge on any atom is 0.119 e. The molecule has 0 aliphatic rings. The number of benzene rings is 2. The van der Waals surface area contributed by atoms with E-state index in [2.05, 4.69) is 0 Å². The van der Waals surface area contributed by atoms with E-state index < -0.39 is 0 Å². The molecule has 0 heterocycles. The summed E-state index contributed by atoms with van der Waals surface area (Å²) in [5.74, 6) is 0.700. The first-order chi connectivity index (χ1) is 8.29. The lowest BCUT2D eigenvalue weighted by Gasteiger charge is -2.10. The Balaban J connectivity index is 2.04. The quantitative estimate of drug-likeness (QED) is 0.797. The third-order valence-corrected chi connectivity index (χ3v) is 2.55. The molecule has 0 aromatic heterocycles. The van der Waals surface area contributed by atoms with Crippen molar-refractivity contribution in [1.29, 1.82) is 0 Å². The summed E-state index contributed by atoms with van der Waals surface area (Å²) in [6.07, 6.45) is 0. The molecule has 0 fully saturated rings. The molecule has 2 aromatic rings. The lowest BCUT2D eigenvalue weighted by molar-refractivity contribution is 0.309. The zero-order valence-electron chi connectivity index (χ0n) is 9.60. The predicted octanol–water partition coefficient (Wildman–Crippen LogP) is 1.52. The van der Waals surface area contributed by atoms with Gasteiger partial charge in [-0.1, -0.05) is 47.9 Å². The Morgan fingerprint density at radius 1 is 1.00 bits per heavy atom. The molecule has 0 atom stereocenters. The second kappa shape index (κ2) is 5.55. The predicted molar refractivity (Wildman–Crippen MR) is 70.5 cm³/mol. The van der Waals surface area contributed by atoms with Crippen LogP contribution in [0.1, 0.15) is 11.1 Å². The molecule has 0 saturated heterocycles. The van der Waals surface area contributed by atoms with E-state index in [4.69, 9.17) is 18.3 Å². The van der Waals surface area contributed by atoms with Crippen LogP contribution in [0, 0.1) is 0 Å². The summed E-state index contributed by atoms with van der Waals surface area (Å²) in [5.41, 5.74) is 8.30. The third-order valence-electron chi connectivity index (χ3n) is 2.55. The Labute approximate surface area is 103 Å². The van der Waals surface area contributed by atoms with Gasteiger partial charge in [-0.3, -0.25) is 0 Å². The molecule has 0 unspecified atom stereocenters. The molecular weight excluding hydrogens is 209 g/mol. The van der Waals surface area contributed by atoms with Crippen LogP contribution in [-0.4, -0.2) is 7.85 Å². The molecule has 3 heteroatoms. The fourth-order valence-electron chi connectivity index (χ4n) is 1.59. The van der Waals surface area contributed by atoms with Crippen molar-refractivity contribution in [2.24, 2.45) is 5.73 Å². The molecule has 0 bridgehead atoms. The van der Waals surface area contributed by atoms with Gasteiger partial charge in [0.25, 0.3) is 0 Å². The molecule has 2 radical (unpaired) electrons. The maximum atomic E-state index is 5.88. The summed E-state index contributed by atoms with van der Waals surface area (Å²) >= 11 is 0. The van der Waals surface area contributed by atoms with Gasteiger partial charge in [-0.25, -0.2) is 0 Å². The Hall–Kier alpha value is -1.74. The molecule has 2 rings (SSSR count). The van der Waals surface area contributed by atoms with E-state index in [9.17, 15) is 0 Å². The fraction of sp³-hybridized carbons (Fsp3) is 0.143. The second-order valence-electron chi connectivity index (χ2n) is 3.85. The van der Waals surface area contributed by atoms with Gasteiger partial charge in [0.1, 0.15) is 20.2 Å². The molecule has 17 heavy (non-hydrogen) atoms. The summed E-state index contributed by atoms with van der Waals surface area (Å²) < 4.78 is 5.66. The highest BCUT2D eigenvalue weighted by atomic mass is 16.5. The monoisotopic (exact) mass is 223 g/mol. The van der Waals surface area contributed by atoms with Gasteiger partial charge in [0.2, 0.25) is 0 Å². The molecule has 0 aliphatic carbocycles. The summed E-state index contributed by atoms with van der Waals surface area (Å²) in [7, 11) is 5.88. The Kier molecular flexibility index (Phi) is 3.83. The topological polar surface area (TPSA) is 35.2 Å². The van der Waals surface area contributed by atoms with Crippen LogP contribution in [0.2, 0.25) is 0 Å². The van der Waals surface area contributed by atoms with Crippen LogP contribution in [0.5, 0.6) is 5.75 Å². The largest absolute Gasteiger partial charge is 0.490 e. The standard InChI is InChI=1S/C14H14BNO/c15-13-8-12(9-16)6-7-14(13)17-10-11-4-2-1-3-5-11/h1-8H,9-10,16H2. The average Bonchev–Trinajstić information content (AvgIpc) is 2.38. The zero-order chi connectivity index (χ0) is 12.1. The van der Waals surface area contributed by atoms with Crippen molar-refractivity contribution in [3.8, 4) is 5.75 Å². The molecule has 0 amide bonds. The van der Waals surface area contributed by atoms with Gasteiger partial charge < -0.3 is 10.5 Å². The van der Waals surface area contributed by atoms with Crippen LogP contribution in [0.15, 0.2) is 48.5 Å². The molecule has 0 spiro atoms. The highest BCUT2D eigenvalue weighted by molar-refractivity contribution is 6.34. The van der Waals surface area contributed by atoms with Crippen molar-refractivity contribution in [2.45, 2.75) is 13.2 Å². The van der Waals surface area contributed by atoms with Crippen LogP contribution in [0.3, 0.4) is 0 Å². The van der Waals surface area contributed by atoms with E-state index in [1.807, 2.05) is 48.5 Å². The molecule has 84 valence electrons. The Morgan fingerprint density at radius 2 is 1.76 bits per heavy atom. The lowest BCUT2D eigenvalue weighted by atomic mass is 9.93. The summed E-state index contributed by atoms with van der Waals surface area (Å²) in [6, 6.07) is 15.6. The Morgan fingerprint density at radius 3 is 2.41 bits per heavy atom. The number of rotatable bonds is 4. The molecule has 2 nitrogen and oxygen atoms in total. The van der Waals surface area contributed by atoms with Gasteiger partial charge in [0.15, 0.2) is 0 Å². The molecule has 2 aromatic carbocycles. The molecular formula is C14H14BNO. The van der Waals surface area contributed by atoms with Crippen molar-refractivity contribution >= 4 is 13.3 Å².